The third-order valence-electron chi connectivity index (χ3n) is 5.45. The predicted molar refractivity (Wildman–Crippen MR) is 91.2 cm³/mol. The van der Waals surface area contributed by atoms with E-state index >= 15 is 0 Å². The van der Waals surface area contributed by atoms with Gasteiger partial charge in [0.25, 0.3) is 0 Å². The molecule has 1 fully saturated rings. The molecule has 2 aliphatic heterocycles. The van der Waals surface area contributed by atoms with Crippen LogP contribution in [-0.4, -0.2) is 31.1 Å². The van der Waals surface area contributed by atoms with E-state index in [4.69, 9.17) is 10.5 Å². The lowest BCUT2D eigenvalue weighted by molar-refractivity contribution is 0.0880. The molecule has 1 saturated heterocycles. The minimum atomic E-state index is 0.0931. The van der Waals surface area contributed by atoms with Crippen molar-refractivity contribution >= 4 is 0 Å². The number of hydrogen-bond acceptors (Lipinski definition) is 3. The van der Waals surface area contributed by atoms with Crippen LogP contribution in [0, 0.1) is 31.6 Å². The van der Waals surface area contributed by atoms with Crippen LogP contribution in [0.3, 0.4) is 0 Å². The molecule has 0 saturated carbocycles. The second-order valence-corrected chi connectivity index (χ2v) is 7.69. The Balaban J connectivity index is 1.73. The zero-order chi connectivity index (χ0) is 15.9. The van der Waals surface area contributed by atoms with E-state index in [2.05, 4.69) is 44.7 Å². The largest absolute Gasteiger partial charge is 0.493 e. The molecule has 22 heavy (non-hydrogen) atoms. The molecule has 122 valence electrons. The summed E-state index contributed by atoms with van der Waals surface area (Å²) in [7, 11) is 0. The van der Waals surface area contributed by atoms with Crippen molar-refractivity contribution in [1.82, 2.24) is 4.90 Å². The monoisotopic (exact) mass is 302 g/mol. The van der Waals surface area contributed by atoms with Gasteiger partial charge in [0.05, 0.1) is 6.61 Å². The third kappa shape index (κ3) is 3.02. The van der Waals surface area contributed by atoms with Gasteiger partial charge in [0.2, 0.25) is 0 Å². The van der Waals surface area contributed by atoms with Crippen LogP contribution in [0.5, 0.6) is 5.75 Å². The van der Waals surface area contributed by atoms with E-state index in [0.29, 0.717) is 5.92 Å². The molecule has 2 heterocycles. The lowest BCUT2D eigenvalue weighted by Gasteiger charge is -2.40. The molecule has 3 nitrogen and oxygen atoms in total. The fraction of sp³-hybridized carbons (Fsp3) is 0.684. The van der Waals surface area contributed by atoms with Gasteiger partial charge in [-0.05, 0) is 43.2 Å². The molecule has 0 aromatic heterocycles. The lowest BCUT2D eigenvalue weighted by atomic mass is 9.86. The molecule has 3 heteroatoms. The topological polar surface area (TPSA) is 38.5 Å². The zero-order valence-electron chi connectivity index (χ0n) is 14.4. The smallest absolute Gasteiger partial charge is 0.127 e. The van der Waals surface area contributed by atoms with Crippen LogP contribution < -0.4 is 10.5 Å². The minimum Gasteiger partial charge on any atom is -0.493 e. The van der Waals surface area contributed by atoms with Crippen LogP contribution >= 0.6 is 0 Å². The Hall–Kier alpha value is -1.06. The minimum absolute atomic E-state index is 0.0931. The van der Waals surface area contributed by atoms with E-state index in [1.165, 1.54) is 36.2 Å². The zero-order valence-corrected chi connectivity index (χ0v) is 14.4. The van der Waals surface area contributed by atoms with Gasteiger partial charge in [-0.15, -0.1) is 0 Å². The maximum atomic E-state index is 6.59. The number of piperidine rings is 1. The van der Waals surface area contributed by atoms with Crippen molar-refractivity contribution in [3.05, 3.63) is 28.8 Å². The van der Waals surface area contributed by atoms with Gasteiger partial charge >= 0.3 is 0 Å². The quantitative estimate of drug-likeness (QED) is 0.911. The van der Waals surface area contributed by atoms with Crippen LogP contribution in [0.25, 0.3) is 0 Å². The van der Waals surface area contributed by atoms with Crippen LogP contribution in [-0.2, 0) is 0 Å². The summed E-state index contributed by atoms with van der Waals surface area (Å²) in [6, 6.07) is 4.43. The molecule has 2 N–H and O–H groups in total. The Morgan fingerprint density at radius 3 is 2.55 bits per heavy atom. The Labute approximate surface area is 134 Å². The number of benzene rings is 1. The van der Waals surface area contributed by atoms with Crippen LogP contribution in [0.15, 0.2) is 12.1 Å². The highest BCUT2D eigenvalue weighted by molar-refractivity contribution is 5.48. The number of hydrogen-bond donors (Lipinski definition) is 1. The second-order valence-electron chi connectivity index (χ2n) is 7.69. The molecule has 3 rings (SSSR count). The first-order valence-corrected chi connectivity index (χ1v) is 8.66. The van der Waals surface area contributed by atoms with E-state index in [-0.39, 0.29) is 6.04 Å². The van der Waals surface area contributed by atoms with Gasteiger partial charge in [0.15, 0.2) is 0 Å². The molecule has 4 atom stereocenters. The Morgan fingerprint density at radius 2 is 1.86 bits per heavy atom. The number of fused-ring (bicyclic) bond motifs is 1. The summed E-state index contributed by atoms with van der Waals surface area (Å²) in [5, 5.41) is 0. The van der Waals surface area contributed by atoms with Crippen LogP contribution in [0.4, 0.5) is 0 Å². The summed E-state index contributed by atoms with van der Waals surface area (Å²) in [6.45, 7) is 13.2. The molecule has 0 bridgehead atoms. The first-order valence-electron chi connectivity index (χ1n) is 8.66. The highest BCUT2D eigenvalue weighted by Gasteiger charge is 2.32. The number of nitrogens with zero attached hydrogens (tertiary/aromatic N) is 1. The third-order valence-corrected chi connectivity index (χ3v) is 5.45. The normalized spacial score (nSPS) is 32.4. The van der Waals surface area contributed by atoms with Crippen molar-refractivity contribution in [2.75, 3.05) is 26.2 Å². The van der Waals surface area contributed by atoms with Crippen molar-refractivity contribution < 1.29 is 4.74 Å². The highest BCUT2D eigenvalue weighted by atomic mass is 16.5. The number of likely N-dealkylation sites (tertiary alicyclic amines) is 1. The Bertz CT molecular complexity index is 532. The second kappa shape index (κ2) is 6.21. The maximum absolute atomic E-state index is 6.59. The molecule has 0 spiro atoms. The first kappa shape index (κ1) is 15.8. The van der Waals surface area contributed by atoms with Crippen LogP contribution in [0.1, 0.15) is 43.0 Å². The molecule has 0 amide bonds. The molecule has 2 aliphatic rings. The fourth-order valence-corrected chi connectivity index (χ4v) is 4.25. The van der Waals surface area contributed by atoms with Crippen molar-refractivity contribution in [3.8, 4) is 5.75 Å². The summed E-state index contributed by atoms with van der Waals surface area (Å²) in [6.07, 6.45) is 1.35. The van der Waals surface area contributed by atoms with Gasteiger partial charge in [-0.25, -0.2) is 0 Å². The molecule has 4 unspecified atom stereocenters. The fourth-order valence-electron chi connectivity index (χ4n) is 4.25. The number of nitrogens with two attached hydrogens (primary N) is 1. The Kier molecular flexibility index (Phi) is 4.47. The van der Waals surface area contributed by atoms with Crippen LogP contribution in [0.2, 0.25) is 0 Å². The van der Waals surface area contributed by atoms with Crippen molar-refractivity contribution in [3.63, 3.8) is 0 Å². The summed E-state index contributed by atoms with van der Waals surface area (Å²) in [5.74, 6) is 3.01. The van der Waals surface area contributed by atoms with Crippen molar-refractivity contribution in [2.24, 2.45) is 23.5 Å². The van der Waals surface area contributed by atoms with Gasteiger partial charge in [0.1, 0.15) is 5.75 Å². The number of rotatable bonds is 2. The molecule has 0 aliphatic carbocycles. The highest BCUT2D eigenvalue weighted by Crippen LogP contribution is 2.38. The molecular formula is C19H30N2O. The van der Waals surface area contributed by atoms with E-state index < -0.39 is 0 Å². The van der Waals surface area contributed by atoms with E-state index in [0.717, 1.165) is 30.7 Å². The van der Waals surface area contributed by atoms with Gasteiger partial charge in [-0.2, -0.15) is 0 Å². The van der Waals surface area contributed by atoms with E-state index in [9.17, 15) is 0 Å². The molecular weight excluding hydrogens is 272 g/mol. The molecule has 1 aromatic rings. The standard InChI is InChI=1S/C19H30N2O/c1-12-7-13(2)9-21(8-12)10-16-11-22-19-15(4)14(3)5-6-17(19)18(16)20/h5-6,12-13,16,18H,7-11,20H2,1-4H3. The summed E-state index contributed by atoms with van der Waals surface area (Å²) >= 11 is 0. The summed E-state index contributed by atoms with van der Waals surface area (Å²) in [4.78, 5) is 2.60. The molecule has 0 radical (unpaired) electrons. The SMILES string of the molecule is Cc1ccc2c(c1C)OCC(CN1CC(C)CC(C)C1)C2N. The number of ether oxygens (including phenoxy) is 1. The lowest BCUT2D eigenvalue weighted by Crippen LogP contribution is -2.45. The summed E-state index contributed by atoms with van der Waals surface area (Å²) in [5.41, 5.74) is 10.3. The van der Waals surface area contributed by atoms with Gasteiger partial charge in [0, 0.05) is 37.2 Å². The average Bonchev–Trinajstić information content (AvgIpc) is 2.45. The van der Waals surface area contributed by atoms with E-state index in [1.54, 1.807) is 0 Å². The van der Waals surface area contributed by atoms with Crippen molar-refractivity contribution in [1.29, 1.82) is 0 Å². The van der Waals surface area contributed by atoms with Gasteiger partial charge < -0.3 is 15.4 Å². The summed E-state index contributed by atoms with van der Waals surface area (Å²) < 4.78 is 6.11. The van der Waals surface area contributed by atoms with Gasteiger partial charge in [-0.3, -0.25) is 0 Å². The van der Waals surface area contributed by atoms with Gasteiger partial charge in [-0.1, -0.05) is 26.0 Å². The molecule has 1 aromatic carbocycles. The maximum Gasteiger partial charge on any atom is 0.127 e. The number of aryl methyl sites for hydroxylation is 1. The predicted octanol–water partition coefficient (Wildman–Crippen LogP) is 3.29. The Morgan fingerprint density at radius 1 is 1.18 bits per heavy atom. The van der Waals surface area contributed by atoms with E-state index in [1.807, 2.05) is 0 Å². The average molecular weight is 302 g/mol. The van der Waals surface area contributed by atoms with Crippen molar-refractivity contribution in [2.45, 2.75) is 40.2 Å². The first-order chi connectivity index (χ1) is 10.5.